The molecule has 270 valence electrons. The summed E-state index contributed by atoms with van der Waals surface area (Å²) in [6, 6.07) is 15.6. The molecule has 8 rings (SSSR count). The van der Waals surface area contributed by atoms with Gasteiger partial charge in [0.15, 0.2) is 5.82 Å². The van der Waals surface area contributed by atoms with E-state index in [0.717, 1.165) is 55.5 Å². The summed E-state index contributed by atoms with van der Waals surface area (Å²) in [4.78, 5) is 30.9. The number of hydrogen-bond acceptors (Lipinski definition) is 8. The molecule has 1 saturated carbocycles. The number of hydrogen-bond donors (Lipinski definition) is 2. The van der Waals surface area contributed by atoms with Gasteiger partial charge < -0.3 is 24.2 Å². The first-order chi connectivity index (χ1) is 24.7. The first-order valence-electron chi connectivity index (χ1n) is 18.7. The van der Waals surface area contributed by atoms with Crippen LogP contribution >= 0.6 is 0 Å². The van der Waals surface area contributed by atoms with Crippen molar-refractivity contribution in [2.45, 2.75) is 76.5 Å². The van der Waals surface area contributed by atoms with Crippen LogP contribution in [-0.2, 0) is 0 Å². The van der Waals surface area contributed by atoms with Crippen LogP contribution in [0.1, 0.15) is 73.5 Å². The van der Waals surface area contributed by atoms with Gasteiger partial charge in [-0.25, -0.2) is 14.4 Å². The normalized spacial score (nSPS) is 23.0. The molecule has 0 unspecified atom stereocenters. The molecular weight excluding hydrogens is 645 g/mol. The number of anilines is 2. The number of piperidine rings is 2. The third kappa shape index (κ3) is 6.60. The number of fused-ring (bicyclic) bond motifs is 1. The zero-order valence-corrected chi connectivity index (χ0v) is 30.1. The number of aryl methyl sites for hydroxylation is 1. The summed E-state index contributed by atoms with van der Waals surface area (Å²) >= 11 is 0. The van der Waals surface area contributed by atoms with Crippen LogP contribution in [0, 0.1) is 18.2 Å². The van der Waals surface area contributed by atoms with Gasteiger partial charge in [-0.1, -0.05) is 12.1 Å². The smallest absolute Gasteiger partial charge is 0.261 e. The fraction of sp³-hybridized carbons (Fsp3) is 0.525. The molecule has 11 heteroatoms. The predicted molar refractivity (Wildman–Crippen MR) is 198 cm³/mol. The fourth-order valence-electron chi connectivity index (χ4n) is 9.03. The Hall–Kier alpha value is -4.06. The number of rotatable bonds is 7. The van der Waals surface area contributed by atoms with Crippen molar-refractivity contribution in [3.05, 3.63) is 65.6 Å². The molecule has 4 fully saturated rings. The van der Waals surface area contributed by atoms with Crippen molar-refractivity contribution in [3.63, 3.8) is 0 Å². The molecule has 2 aromatic heterocycles. The monoisotopic (exact) mass is 695 g/mol. The number of carbonyl (C=O) groups is 1. The van der Waals surface area contributed by atoms with Crippen molar-refractivity contribution < 1.29 is 19.0 Å². The van der Waals surface area contributed by atoms with Crippen LogP contribution in [0.15, 0.2) is 48.5 Å². The standard InChI is InChI=1S/C40H50FN7O3/c1-26-22-32(36(41)37(42-26)31-6-4-5-7-35(31)51-3)38(50)44-39-43-33-13-10-29(23-34(33)48(39)28-8-11-30(49)12-9-28)46-18-14-27(15-19-46)47-24-40(25-47)16-20-45(2)21-17-40/h4-7,10,13,22-23,27-28,30,49H,8-9,11-12,14-21,24-25H2,1-3H3,(H,43,44,50)/t28-,30+. The number of amides is 1. The second-order valence-corrected chi connectivity index (χ2v) is 15.5. The van der Waals surface area contributed by atoms with E-state index in [2.05, 4.69) is 48.7 Å². The highest BCUT2D eigenvalue weighted by Crippen LogP contribution is 2.43. The average molecular weight is 696 g/mol. The Morgan fingerprint density at radius 3 is 2.39 bits per heavy atom. The number of aliphatic hydroxyl groups excluding tert-OH is 1. The van der Waals surface area contributed by atoms with Gasteiger partial charge in [0.2, 0.25) is 5.95 Å². The zero-order chi connectivity index (χ0) is 35.3. The minimum Gasteiger partial charge on any atom is -0.496 e. The lowest BCUT2D eigenvalue weighted by Gasteiger charge is -2.57. The van der Waals surface area contributed by atoms with E-state index in [1.165, 1.54) is 52.2 Å². The molecule has 10 nitrogen and oxygen atoms in total. The van der Waals surface area contributed by atoms with E-state index in [1.807, 2.05) is 12.1 Å². The Morgan fingerprint density at radius 2 is 1.67 bits per heavy atom. The average Bonchev–Trinajstić information content (AvgIpc) is 3.49. The molecule has 0 atom stereocenters. The topological polar surface area (TPSA) is 99.0 Å². The van der Waals surface area contributed by atoms with E-state index in [9.17, 15) is 9.90 Å². The van der Waals surface area contributed by atoms with E-state index in [1.54, 1.807) is 25.1 Å². The Labute approximate surface area is 299 Å². The number of nitrogens with zero attached hydrogens (tertiary/aromatic N) is 6. The first kappa shape index (κ1) is 34.0. The van der Waals surface area contributed by atoms with E-state index in [0.29, 0.717) is 47.3 Å². The van der Waals surface area contributed by atoms with Gasteiger partial charge in [0.1, 0.15) is 11.4 Å². The highest BCUT2D eigenvalue weighted by Gasteiger charge is 2.46. The van der Waals surface area contributed by atoms with Crippen LogP contribution < -0.4 is 15.0 Å². The lowest BCUT2D eigenvalue weighted by atomic mass is 9.71. The number of para-hydroxylation sites is 1. The van der Waals surface area contributed by atoms with Gasteiger partial charge in [-0.15, -0.1) is 0 Å². The number of aliphatic hydroxyl groups is 1. The summed E-state index contributed by atoms with van der Waals surface area (Å²) in [5.74, 6) is -0.433. The summed E-state index contributed by atoms with van der Waals surface area (Å²) in [6.45, 7) is 8.72. The number of nitrogens with one attached hydrogen (secondary N) is 1. The molecule has 1 amide bonds. The Bertz CT molecular complexity index is 1900. The maximum absolute atomic E-state index is 16.1. The summed E-state index contributed by atoms with van der Waals surface area (Å²) in [5.41, 5.74) is 4.38. The molecular formula is C40H50FN7O3. The number of imidazole rings is 1. The van der Waals surface area contributed by atoms with E-state index < -0.39 is 11.7 Å². The van der Waals surface area contributed by atoms with Gasteiger partial charge >= 0.3 is 0 Å². The number of aromatic nitrogens is 3. The minimum atomic E-state index is -0.712. The Kier molecular flexibility index (Phi) is 9.23. The molecule has 2 N–H and O–H groups in total. The molecule has 3 aliphatic heterocycles. The van der Waals surface area contributed by atoms with Crippen molar-refractivity contribution in [3.8, 4) is 17.0 Å². The molecule has 4 aliphatic rings. The molecule has 1 spiro atoms. The predicted octanol–water partition coefficient (Wildman–Crippen LogP) is 6.28. The Balaban J connectivity index is 1.04. The zero-order valence-electron chi connectivity index (χ0n) is 30.1. The maximum atomic E-state index is 16.1. The number of benzene rings is 2. The van der Waals surface area contributed by atoms with E-state index >= 15 is 4.39 Å². The second kappa shape index (κ2) is 13.8. The molecule has 4 aromatic rings. The molecule has 3 saturated heterocycles. The molecule has 0 bridgehead atoms. The van der Waals surface area contributed by atoms with Crippen LogP contribution in [0.4, 0.5) is 16.0 Å². The summed E-state index contributed by atoms with van der Waals surface area (Å²) in [7, 11) is 3.77. The van der Waals surface area contributed by atoms with E-state index in [-0.39, 0.29) is 23.4 Å². The third-order valence-electron chi connectivity index (χ3n) is 12.1. The molecule has 1 aliphatic carbocycles. The molecule has 51 heavy (non-hydrogen) atoms. The maximum Gasteiger partial charge on any atom is 0.261 e. The highest BCUT2D eigenvalue weighted by molar-refractivity contribution is 6.05. The largest absolute Gasteiger partial charge is 0.496 e. The summed E-state index contributed by atoms with van der Waals surface area (Å²) in [6.07, 6.45) is 7.53. The van der Waals surface area contributed by atoms with Crippen molar-refractivity contribution >= 4 is 28.6 Å². The number of methoxy groups -OCH3 is 1. The van der Waals surface area contributed by atoms with Crippen LogP contribution in [0.5, 0.6) is 5.75 Å². The van der Waals surface area contributed by atoms with E-state index in [4.69, 9.17) is 9.72 Å². The molecule has 0 radical (unpaired) electrons. The number of ether oxygens (including phenoxy) is 1. The van der Waals surface area contributed by atoms with Crippen LogP contribution in [0.2, 0.25) is 0 Å². The number of pyridine rings is 1. The van der Waals surface area contributed by atoms with Crippen molar-refractivity contribution in [2.75, 3.05) is 63.6 Å². The van der Waals surface area contributed by atoms with Gasteiger partial charge in [0, 0.05) is 55.2 Å². The Morgan fingerprint density at radius 1 is 0.941 bits per heavy atom. The molecule has 2 aromatic carbocycles. The lowest BCUT2D eigenvalue weighted by molar-refractivity contribution is -0.0704. The lowest BCUT2D eigenvalue weighted by Crippen LogP contribution is -2.63. The van der Waals surface area contributed by atoms with Crippen LogP contribution in [-0.4, -0.2) is 101 Å². The summed E-state index contributed by atoms with van der Waals surface area (Å²) < 4.78 is 23.7. The highest BCUT2D eigenvalue weighted by atomic mass is 19.1. The van der Waals surface area contributed by atoms with Crippen molar-refractivity contribution in [1.82, 2.24) is 24.3 Å². The number of halogens is 1. The second-order valence-electron chi connectivity index (χ2n) is 15.5. The first-order valence-corrected chi connectivity index (χ1v) is 18.7. The quantitative estimate of drug-likeness (QED) is 0.233. The third-order valence-corrected chi connectivity index (χ3v) is 12.1. The number of carbonyl (C=O) groups excluding carboxylic acids is 1. The minimum absolute atomic E-state index is 0.0427. The fourth-order valence-corrected chi connectivity index (χ4v) is 9.03. The van der Waals surface area contributed by atoms with Crippen LogP contribution in [0.25, 0.3) is 22.3 Å². The summed E-state index contributed by atoms with van der Waals surface area (Å²) in [5, 5.41) is 13.3. The van der Waals surface area contributed by atoms with Crippen molar-refractivity contribution in [1.29, 1.82) is 0 Å². The number of likely N-dealkylation sites (tertiary alicyclic amines) is 2. The van der Waals surface area contributed by atoms with Gasteiger partial charge in [-0.3, -0.25) is 15.0 Å². The van der Waals surface area contributed by atoms with Gasteiger partial charge in [-0.05, 0) is 120 Å². The van der Waals surface area contributed by atoms with Crippen molar-refractivity contribution in [2.24, 2.45) is 5.41 Å². The van der Waals surface area contributed by atoms with Gasteiger partial charge in [-0.2, -0.15) is 0 Å². The molecule has 5 heterocycles. The van der Waals surface area contributed by atoms with Gasteiger partial charge in [0.25, 0.3) is 5.91 Å². The SMILES string of the molecule is COc1ccccc1-c1nc(C)cc(C(=O)Nc2nc3ccc(N4CCC(N5CC6(CCN(C)CC6)C5)CC4)cc3n2[C@H]2CC[C@@H](O)CC2)c1F. The van der Waals surface area contributed by atoms with Gasteiger partial charge in [0.05, 0.1) is 29.8 Å². The van der Waals surface area contributed by atoms with Crippen LogP contribution in [0.3, 0.4) is 0 Å².